The van der Waals surface area contributed by atoms with Gasteiger partial charge < -0.3 is 10.5 Å². The van der Waals surface area contributed by atoms with Crippen LogP contribution in [-0.2, 0) is 16.7 Å². The summed E-state index contributed by atoms with van der Waals surface area (Å²) in [6, 6.07) is 0. The van der Waals surface area contributed by atoms with Crippen LogP contribution in [0, 0.1) is 0 Å². The molecule has 20 heavy (non-hydrogen) atoms. The standard InChI is InChI=1S/C13H18N4O2S/c1-13(2,3)9-7-20-10(15-9)6-17-5-8(14)11(16-17)12(18)19-4/h5,7H,6,14H2,1-4H3. The zero-order chi connectivity index (χ0) is 14.9. The average molecular weight is 294 g/mol. The van der Waals surface area contributed by atoms with Gasteiger partial charge in [-0.25, -0.2) is 9.78 Å². The summed E-state index contributed by atoms with van der Waals surface area (Å²) in [5.74, 6) is -0.532. The fourth-order valence-electron chi connectivity index (χ4n) is 1.64. The Kier molecular flexibility index (Phi) is 3.80. The Morgan fingerprint density at radius 2 is 2.20 bits per heavy atom. The van der Waals surface area contributed by atoms with Crippen molar-refractivity contribution in [2.45, 2.75) is 32.7 Å². The molecule has 0 aliphatic heterocycles. The Morgan fingerprint density at radius 3 is 2.75 bits per heavy atom. The van der Waals surface area contributed by atoms with E-state index in [4.69, 9.17) is 5.73 Å². The van der Waals surface area contributed by atoms with Crippen molar-refractivity contribution >= 4 is 23.0 Å². The van der Waals surface area contributed by atoms with E-state index in [1.165, 1.54) is 7.11 Å². The number of rotatable bonds is 3. The van der Waals surface area contributed by atoms with Crippen molar-refractivity contribution in [2.75, 3.05) is 12.8 Å². The van der Waals surface area contributed by atoms with Crippen molar-refractivity contribution in [3.05, 3.63) is 28.0 Å². The number of nitrogens with zero attached hydrogens (tertiary/aromatic N) is 3. The highest BCUT2D eigenvalue weighted by Gasteiger charge is 2.19. The molecule has 0 radical (unpaired) electrons. The number of esters is 1. The third kappa shape index (κ3) is 2.98. The summed E-state index contributed by atoms with van der Waals surface area (Å²) in [5.41, 5.74) is 7.26. The molecule has 0 spiro atoms. The first kappa shape index (κ1) is 14.5. The second-order valence-electron chi connectivity index (χ2n) is 5.50. The van der Waals surface area contributed by atoms with Crippen molar-refractivity contribution in [3.63, 3.8) is 0 Å². The first-order valence-electron chi connectivity index (χ1n) is 6.17. The summed E-state index contributed by atoms with van der Waals surface area (Å²) in [5, 5.41) is 7.10. The quantitative estimate of drug-likeness (QED) is 0.876. The van der Waals surface area contributed by atoms with Gasteiger partial charge in [0.25, 0.3) is 0 Å². The Morgan fingerprint density at radius 1 is 1.50 bits per heavy atom. The summed E-state index contributed by atoms with van der Waals surface area (Å²) in [6.07, 6.45) is 1.62. The van der Waals surface area contributed by atoms with Crippen molar-refractivity contribution in [2.24, 2.45) is 0 Å². The third-order valence-corrected chi connectivity index (χ3v) is 3.62. The van der Waals surface area contributed by atoms with Crippen LogP contribution in [0.5, 0.6) is 0 Å². The van der Waals surface area contributed by atoms with E-state index >= 15 is 0 Å². The van der Waals surface area contributed by atoms with Crippen LogP contribution in [-0.4, -0.2) is 27.8 Å². The minimum atomic E-state index is -0.532. The van der Waals surface area contributed by atoms with E-state index < -0.39 is 5.97 Å². The van der Waals surface area contributed by atoms with Crippen molar-refractivity contribution in [1.82, 2.24) is 14.8 Å². The van der Waals surface area contributed by atoms with Gasteiger partial charge in [0.2, 0.25) is 0 Å². The Balaban J connectivity index is 2.18. The van der Waals surface area contributed by atoms with E-state index in [1.54, 1.807) is 22.2 Å². The van der Waals surface area contributed by atoms with Gasteiger partial charge in [-0.15, -0.1) is 11.3 Å². The number of nitrogens with two attached hydrogens (primary N) is 1. The van der Waals surface area contributed by atoms with E-state index in [2.05, 4.69) is 35.6 Å². The van der Waals surface area contributed by atoms with Crippen molar-refractivity contribution in [3.8, 4) is 0 Å². The van der Waals surface area contributed by atoms with Gasteiger partial charge in [0.05, 0.1) is 25.0 Å². The van der Waals surface area contributed by atoms with Crippen LogP contribution in [0.3, 0.4) is 0 Å². The lowest BCUT2D eigenvalue weighted by molar-refractivity contribution is 0.0594. The first-order valence-corrected chi connectivity index (χ1v) is 7.05. The topological polar surface area (TPSA) is 83.0 Å². The number of carbonyl (C=O) groups is 1. The van der Waals surface area contributed by atoms with Crippen LogP contribution in [0.25, 0.3) is 0 Å². The first-order chi connectivity index (χ1) is 9.31. The number of methoxy groups -OCH3 is 1. The molecule has 0 unspecified atom stereocenters. The van der Waals surface area contributed by atoms with Gasteiger partial charge >= 0.3 is 5.97 Å². The highest BCUT2D eigenvalue weighted by Crippen LogP contribution is 2.24. The Labute approximate surface area is 121 Å². The van der Waals surface area contributed by atoms with Gasteiger partial charge in [0.1, 0.15) is 5.01 Å². The lowest BCUT2D eigenvalue weighted by atomic mass is 9.93. The average Bonchev–Trinajstić information content (AvgIpc) is 2.95. The fraction of sp³-hybridized carbons (Fsp3) is 0.462. The van der Waals surface area contributed by atoms with E-state index in [-0.39, 0.29) is 11.1 Å². The van der Waals surface area contributed by atoms with Gasteiger partial charge in [-0.3, -0.25) is 4.68 Å². The number of thiazole rings is 1. The molecule has 0 amide bonds. The molecule has 2 heterocycles. The molecule has 2 aromatic rings. The smallest absolute Gasteiger partial charge is 0.360 e. The zero-order valence-electron chi connectivity index (χ0n) is 12.0. The van der Waals surface area contributed by atoms with Crippen LogP contribution >= 0.6 is 11.3 Å². The van der Waals surface area contributed by atoms with Gasteiger partial charge in [0.15, 0.2) is 5.69 Å². The molecule has 0 saturated heterocycles. The molecule has 0 atom stereocenters. The predicted octanol–water partition coefficient (Wildman–Crippen LogP) is 2.05. The monoisotopic (exact) mass is 294 g/mol. The predicted molar refractivity (Wildman–Crippen MR) is 77.9 cm³/mol. The highest BCUT2D eigenvalue weighted by molar-refractivity contribution is 7.09. The van der Waals surface area contributed by atoms with E-state index in [0.29, 0.717) is 12.2 Å². The largest absolute Gasteiger partial charge is 0.464 e. The summed E-state index contributed by atoms with van der Waals surface area (Å²) in [7, 11) is 1.30. The molecular formula is C13H18N4O2S. The number of hydrogen-bond donors (Lipinski definition) is 1. The molecule has 2 aromatic heterocycles. The Hall–Kier alpha value is -1.89. The molecule has 0 aliphatic carbocycles. The fourth-order valence-corrected chi connectivity index (χ4v) is 2.65. The molecule has 2 N–H and O–H groups in total. The van der Waals surface area contributed by atoms with E-state index in [1.807, 2.05) is 5.38 Å². The van der Waals surface area contributed by atoms with E-state index in [0.717, 1.165) is 10.7 Å². The molecule has 0 bridgehead atoms. The minimum Gasteiger partial charge on any atom is -0.464 e. The van der Waals surface area contributed by atoms with Gasteiger partial charge in [-0.05, 0) is 0 Å². The third-order valence-electron chi connectivity index (χ3n) is 2.79. The minimum absolute atomic E-state index is 0.0229. The molecule has 7 heteroatoms. The normalized spacial score (nSPS) is 11.6. The zero-order valence-corrected chi connectivity index (χ0v) is 12.8. The lowest BCUT2D eigenvalue weighted by Gasteiger charge is -2.14. The second-order valence-corrected chi connectivity index (χ2v) is 6.44. The maximum absolute atomic E-state index is 11.4. The molecule has 0 fully saturated rings. The highest BCUT2D eigenvalue weighted by atomic mass is 32.1. The van der Waals surface area contributed by atoms with Crippen LogP contribution in [0.15, 0.2) is 11.6 Å². The number of anilines is 1. The van der Waals surface area contributed by atoms with Gasteiger partial charge in [-0.1, -0.05) is 20.8 Å². The summed E-state index contributed by atoms with van der Waals surface area (Å²) < 4.78 is 6.23. The van der Waals surface area contributed by atoms with Crippen LogP contribution in [0.4, 0.5) is 5.69 Å². The number of aromatic nitrogens is 3. The van der Waals surface area contributed by atoms with Crippen LogP contribution in [0.1, 0.15) is 42.0 Å². The molecule has 2 rings (SSSR count). The van der Waals surface area contributed by atoms with Gasteiger partial charge in [-0.2, -0.15) is 5.10 Å². The molecule has 0 aromatic carbocycles. The molecular weight excluding hydrogens is 276 g/mol. The van der Waals surface area contributed by atoms with Gasteiger partial charge in [0, 0.05) is 17.0 Å². The SMILES string of the molecule is COC(=O)c1nn(Cc2nc(C(C)(C)C)cs2)cc1N. The summed E-state index contributed by atoms with van der Waals surface area (Å²) in [6.45, 7) is 6.84. The number of hydrogen-bond acceptors (Lipinski definition) is 6. The van der Waals surface area contributed by atoms with E-state index in [9.17, 15) is 4.79 Å². The molecule has 0 saturated carbocycles. The maximum Gasteiger partial charge on any atom is 0.360 e. The van der Waals surface area contributed by atoms with Crippen molar-refractivity contribution < 1.29 is 9.53 Å². The maximum atomic E-state index is 11.4. The second kappa shape index (κ2) is 5.24. The number of carbonyl (C=O) groups excluding carboxylic acids is 1. The van der Waals surface area contributed by atoms with Crippen molar-refractivity contribution in [1.29, 1.82) is 0 Å². The number of ether oxygens (including phenoxy) is 1. The number of nitrogen functional groups attached to an aromatic ring is 1. The molecule has 108 valence electrons. The lowest BCUT2D eigenvalue weighted by Crippen LogP contribution is -2.12. The summed E-state index contributed by atoms with van der Waals surface area (Å²) in [4.78, 5) is 16.0. The van der Waals surface area contributed by atoms with Crippen LogP contribution in [0.2, 0.25) is 0 Å². The molecule has 6 nitrogen and oxygen atoms in total. The Bertz CT molecular complexity index is 625. The van der Waals surface area contributed by atoms with Crippen LogP contribution < -0.4 is 5.73 Å². The summed E-state index contributed by atoms with van der Waals surface area (Å²) >= 11 is 1.57. The molecule has 0 aliphatic rings.